The van der Waals surface area contributed by atoms with E-state index in [9.17, 15) is 8.42 Å². The van der Waals surface area contributed by atoms with Crippen molar-refractivity contribution in [2.24, 2.45) is 0 Å². The summed E-state index contributed by atoms with van der Waals surface area (Å²) >= 11 is 3.39. The zero-order valence-corrected chi connectivity index (χ0v) is 14.7. The van der Waals surface area contributed by atoms with Crippen LogP contribution in [0.15, 0.2) is 27.6 Å². The third kappa shape index (κ3) is 3.84. The number of halogens is 1. The predicted molar refractivity (Wildman–Crippen MR) is 85.7 cm³/mol. The summed E-state index contributed by atoms with van der Waals surface area (Å²) in [7, 11) is -1.85. The molecule has 1 N–H and O–H groups in total. The highest BCUT2D eigenvalue weighted by atomic mass is 79.9. The SMILES string of the molecule is CCNCc1ccc(S(=O)(=O)N2CCC(OC)C2)c(Br)c1. The Morgan fingerprint density at radius 3 is 2.81 bits per heavy atom. The Kier molecular flexibility index (Phi) is 5.79. The minimum absolute atomic E-state index is 0.00780. The monoisotopic (exact) mass is 376 g/mol. The molecule has 1 aliphatic heterocycles. The Morgan fingerprint density at radius 2 is 2.24 bits per heavy atom. The Hall–Kier alpha value is -0.470. The van der Waals surface area contributed by atoms with Gasteiger partial charge in [-0.1, -0.05) is 13.0 Å². The van der Waals surface area contributed by atoms with Gasteiger partial charge in [0.05, 0.1) is 11.0 Å². The second-order valence-corrected chi connectivity index (χ2v) is 7.82. The molecule has 0 aliphatic carbocycles. The van der Waals surface area contributed by atoms with E-state index in [1.165, 1.54) is 4.31 Å². The van der Waals surface area contributed by atoms with E-state index in [4.69, 9.17) is 4.74 Å². The number of rotatable bonds is 6. The van der Waals surface area contributed by atoms with Crippen LogP contribution in [0.1, 0.15) is 18.9 Å². The van der Waals surface area contributed by atoms with Crippen molar-refractivity contribution in [3.63, 3.8) is 0 Å². The van der Waals surface area contributed by atoms with Gasteiger partial charge in [-0.2, -0.15) is 4.31 Å². The number of ether oxygens (including phenoxy) is 1. The first-order valence-electron chi connectivity index (χ1n) is 7.01. The van der Waals surface area contributed by atoms with Gasteiger partial charge in [-0.15, -0.1) is 0 Å². The Bertz CT molecular complexity index is 592. The van der Waals surface area contributed by atoms with E-state index in [0.717, 1.165) is 25.1 Å². The molecule has 0 amide bonds. The summed E-state index contributed by atoms with van der Waals surface area (Å²) in [5, 5.41) is 3.22. The van der Waals surface area contributed by atoms with E-state index < -0.39 is 10.0 Å². The summed E-state index contributed by atoms with van der Waals surface area (Å²) < 4.78 is 32.7. The molecule has 1 atom stereocenters. The lowest BCUT2D eigenvalue weighted by atomic mass is 10.2. The van der Waals surface area contributed by atoms with Gasteiger partial charge in [-0.3, -0.25) is 0 Å². The molecule has 1 saturated heterocycles. The molecule has 0 saturated carbocycles. The first-order valence-corrected chi connectivity index (χ1v) is 9.24. The summed E-state index contributed by atoms with van der Waals surface area (Å²) in [6.45, 7) is 4.57. The van der Waals surface area contributed by atoms with Crippen LogP contribution in [0, 0.1) is 0 Å². The first kappa shape index (κ1) is 16.9. The number of nitrogens with zero attached hydrogens (tertiary/aromatic N) is 1. The summed E-state index contributed by atoms with van der Waals surface area (Å²) in [4.78, 5) is 0.319. The smallest absolute Gasteiger partial charge is 0.244 e. The fraction of sp³-hybridized carbons (Fsp3) is 0.571. The van der Waals surface area contributed by atoms with Gasteiger partial charge in [0.15, 0.2) is 0 Å². The molecule has 1 fully saturated rings. The van der Waals surface area contributed by atoms with Crippen molar-refractivity contribution >= 4 is 26.0 Å². The maximum Gasteiger partial charge on any atom is 0.244 e. The maximum absolute atomic E-state index is 12.7. The number of benzene rings is 1. The predicted octanol–water partition coefficient (Wildman–Crippen LogP) is 1.97. The number of sulfonamides is 1. The third-order valence-electron chi connectivity index (χ3n) is 3.63. The topological polar surface area (TPSA) is 58.6 Å². The number of hydrogen-bond donors (Lipinski definition) is 1. The Labute approximate surface area is 134 Å². The Morgan fingerprint density at radius 1 is 1.48 bits per heavy atom. The van der Waals surface area contributed by atoms with Crippen LogP contribution in [-0.4, -0.2) is 45.6 Å². The summed E-state index contributed by atoms with van der Waals surface area (Å²) in [6, 6.07) is 5.38. The molecule has 0 spiro atoms. The number of methoxy groups -OCH3 is 1. The van der Waals surface area contributed by atoms with Crippen LogP contribution in [0.25, 0.3) is 0 Å². The molecular formula is C14H21BrN2O3S. The van der Waals surface area contributed by atoms with E-state index in [-0.39, 0.29) is 6.10 Å². The fourth-order valence-corrected chi connectivity index (χ4v) is 4.95. The maximum atomic E-state index is 12.7. The zero-order chi connectivity index (χ0) is 15.5. The van der Waals surface area contributed by atoms with Crippen molar-refractivity contribution in [2.75, 3.05) is 26.7 Å². The average molecular weight is 377 g/mol. The van der Waals surface area contributed by atoms with Gasteiger partial charge >= 0.3 is 0 Å². The number of nitrogens with one attached hydrogen (secondary N) is 1. The van der Waals surface area contributed by atoms with Crippen molar-refractivity contribution in [2.45, 2.75) is 30.9 Å². The van der Waals surface area contributed by atoms with E-state index in [0.29, 0.717) is 22.5 Å². The lowest BCUT2D eigenvalue weighted by Gasteiger charge is -2.17. The molecule has 0 aromatic heterocycles. The average Bonchev–Trinajstić information content (AvgIpc) is 2.94. The normalized spacial score (nSPS) is 20.0. The van der Waals surface area contributed by atoms with Crippen molar-refractivity contribution in [1.29, 1.82) is 0 Å². The lowest BCUT2D eigenvalue weighted by molar-refractivity contribution is 0.115. The van der Waals surface area contributed by atoms with Crippen LogP contribution in [-0.2, 0) is 21.3 Å². The van der Waals surface area contributed by atoms with E-state index in [1.54, 1.807) is 13.2 Å². The molecule has 118 valence electrons. The minimum Gasteiger partial charge on any atom is -0.380 e. The second-order valence-electron chi connectivity index (χ2n) is 5.05. The van der Waals surface area contributed by atoms with Crippen molar-refractivity contribution in [1.82, 2.24) is 9.62 Å². The van der Waals surface area contributed by atoms with Crippen molar-refractivity contribution < 1.29 is 13.2 Å². The van der Waals surface area contributed by atoms with Crippen LogP contribution < -0.4 is 5.32 Å². The van der Waals surface area contributed by atoms with E-state index in [1.807, 2.05) is 19.1 Å². The number of hydrogen-bond acceptors (Lipinski definition) is 4. The minimum atomic E-state index is -3.46. The molecule has 0 bridgehead atoms. The van der Waals surface area contributed by atoms with Gasteiger partial charge < -0.3 is 10.1 Å². The molecule has 1 aliphatic rings. The van der Waals surface area contributed by atoms with Gasteiger partial charge in [0, 0.05) is 31.2 Å². The lowest BCUT2D eigenvalue weighted by Crippen LogP contribution is -2.30. The molecule has 2 rings (SSSR count). The highest BCUT2D eigenvalue weighted by Crippen LogP contribution is 2.28. The first-order chi connectivity index (χ1) is 9.98. The molecule has 5 nitrogen and oxygen atoms in total. The molecule has 0 radical (unpaired) electrons. The Balaban J connectivity index is 2.20. The molecule has 1 aromatic rings. The van der Waals surface area contributed by atoms with E-state index >= 15 is 0 Å². The highest BCUT2D eigenvalue weighted by Gasteiger charge is 2.33. The standard InChI is InChI=1S/C14H21BrN2O3S/c1-3-16-9-11-4-5-14(13(15)8-11)21(18,19)17-7-6-12(10-17)20-2/h4-5,8,12,16H,3,6-7,9-10H2,1-2H3. The van der Waals surface area contributed by atoms with E-state index in [2.05, 4.69) is 21.2 Å². The molecule has 7 heteroatoms. The molecular weight excluding hydrogens is 356 g/mol. The zero-order valence-electron chi connectivity index (χ0n) is 12.3. The van der Waals surface area contributed by atoms with Crippen LogP contribution in [0.5, 0.6) is 0 Å². The van der Waals surface area contributed by atoms with Gasteiger partial charge in [0.25, 0.3) is 0 Å². The third-order valence-corrected chi connectivity index (χ3v) is 6.48. The van der Waals surface area contributed by atoms with Crippen molar-refractivity contribution in [3.8, 4) is 0 Å². The summed E-state index contributed by atoms with van der Waals surface area (Å²) in [6.07, 6.45) is 0.734. The van der Waals surface area contributed by atoms with Crippen molar-refractivity contribution in [3.05, 3.63) is 28.2 Å². The summed E-state index contributed by atoms with van der Waals surface area (Å²) in [5.41, 5.74) is 1.05. The van der Waals surface area contributed by atoms with Crippen LogP contribution in [0.4, 0.5) is 0 Å². The van der Waals surface area contributed by atoms with Crippen LogP contribution >= 0.6 is 15.9 Å². The molecule has 21 heavy (non-hydrogen) atoms. The van der Waals surface area contributed by atoms with Gasteiger partial charge in [0.2, 0.25) is 10.0 Å². The van der Waals surface area contributed by atoms with Gasteiger partial charge in [-0.05, 0) is 46.6 Å². The van der Waals surface area contributed by atoms with Gasteiger partial charge in [0.1, 0.15) is 0 Å². The van der Waals surface area contributed by atoms with Gasteiger partial charge in [-0.25, -0.2) is 8.42 Å². The second kappa shape index (κ2) is 7.19. The quantitative estimate of drug-likeness (QED) is 0.824. The molecule has 1 unspecified atom stereocenters. The van der Waals surface area contributed by atoms with Crippen LogP contribution in [0.3, 0.4) is 0 Å². The molecule has 1 heterocycles. The van der Waals surface area contributed by atoms with Crippen LogP contribution in [0.2, 0.25) is 0 Å². The summed E-state index contributed by atoms with van der Waals surface area (Å²) in [5.74, 6) is 0. The highest BCUT2D eigenvalue weighted by molar-refractivity contribution is 9.10. The largest absolute Gasteiger partial charge is 0.380 e. The fourth-order valence-electron chi connectivity index (χ4n) is 2.38. The molecule has 1 aromatic carbocycles.